The number of aromatic nitrogens is 4. The van der Waals surface area contributed by atoms with E-state index < -0.39 is 12.0 Å². The second kappa shape index (κ2) is 10.1. The number of ether oxygens (including phenoxy) is 2. The number of halogens is 1. The van der Waals surface area contributed by atoms with Crippen LogP contribution in [0.5, 0.6) is 5.75 Å². The highest BCUT2D eigenvalue weighted by Crippen LogP contribution is 2.27. The lowest BCUT2D eigenvalue weighted by Gasteiger charge is -2.22. The molecule has 1 fully saturated rings. The van der Waals surface area contributed by atoms with Crippen LogP contribution in [0.25, 0.3) is 5.69 Å². The fraction of sp³-hybridized carbons (Fsp3) is 0.318. The predicted molar refractivity (Wildman–Crippen MR) is 116 cm³/mol. The molecular weight excluding hydrogens is 431 g/mol. The summed E-state index contributed by atoms with van der Waals surface area (Å²) in [6, 6.07) is 8.83. The van der Waals surface area contributed by atoms with E-state index in [9.17, 15) is 14.0 Å². The standard InChI is InChI=1S/C22H23FN6O4/c1-32-22(31)28-19-10-9-18(29-24-11-12-25-29)20(27-19)21(30)26-17-4-2-3-14(17)13-33-16-7-5-15(23)6-8-16/h5-12,14,17H,2-4,13H2,1H3,(H,26,30)(H,27,28,31)/t14-,17+/m1/s1. The van der Waals surface area contributed by atoms with Crippen LogP contribution in [0.2, 0.25) is 0 Å². The first kappa shape index (κ1) is 22.2. The number of rotatable bonds is 7. The zero-order chi connectivity index (χ0) is 23.2. The van der Waals surface area contributed by atoms with Gasteiger partial charge in [-0.05, 0) is 49.2 Å². The van der Waals surface area contributed by atoms with Gasteiger partial charge in [0.25, 0.3) is 5.91 Å². The second-order valence-corrected chi connectivity index (χ2v) is 7.54. The topological polar surface area (TPSA) is 120 Å². The van der Waals surface area contributed by atoms with Crippen molar-refractivity contribution in [3.8, 4) is 11.4 Å². The first-order valence-electron chi connectivity index (χ1n) is 10.5. The molecule has 33 heavy (non-hydrogen) atoms. The zero-order valence-corrected chi connectivity index (χ0v) is 17.9. The Bertz CT molecular complexity index is 1110. The van der Waals surface area contributed by atoms with Crippen LogP contribution in [0.1, 0.15) is 29.8 Å². The number of benzene rings is 1. The SMILES string of the molecule is COC(=O)Nc1ccc(-n2nccn2)c(C(=O)N[C@H]2CCC[C@@H]2COc2ccc(F)cc2)n1. The molecule has 0 bridgehead atoms. The van der Waals surface area contributed by atoms with Gasteiger partial charge in [0.05, 0.1) is 26.1 Å². The van der Waals surface area contributed by atoms with Crippen LogP contribution in [0, 0.1) is 11.7 Å². The number of pyridine rings is 1. The van der Waals surface area contributed by atoms with E-state index in [0.29, 0.717) is 18.0 Å². The highest BCUT2D eigenvalue weighted by molar-refractivity contribution is 5.97. The van der Waals surface area contributed by atoms with Crippen molar-refractivity contribution in [3.05, 3.63) is 60.3 Å². The molecule has 4 rings (SSSR count). The smallest absolute Gasteiger partial charge is 0.412 e. The molecule has 1 aliphatic carbocycles. The Labute approximate surface area is 189 Å². The third kappa shape index (κ3) is 5.43. The molecule has 10 nitrogen and oxygen atoms in total. The Morgan fingerprint density at radius 2 is 1.88 bits per heavy atom. The van der Waals surface area contributed by atoms with E-state index in [2.05, 4.69) is 30.6 Å². The summed E-state index contributed by atoms with van der Waals surface area (Å²) >= 11 is 0. The van der Waals surface area contributed by atoms with Gasteiger partial charge in [0, 0.05) is 12.0 Å². The molecule has 2 heterocycles. The normalized spacial score (nSPS) is 17.4. The monoisotopic (exact) mass is 454 g/mol. The minimum absolute atomic E-state index is 0.0604. The van der Waals surface area contributed by atoms with Gasteiger partial charge in [-0.3, -0.25) is 10.1 Å². The summed E-state index contributed by atoms with van der Waals surface area (Å²) in [4.78, 5) is 30.4. The van der Waals surface area contributed by atoms with Crippen molar-refractivity contribution >= 4 is 17.8 Å². The van der Waals surface area contributed by atoms with Crippen molar-refractivity contribution in [3.63, 3.8) is 0 Å². The highest BCUT2D eigenvalue weighted by atomic mass is 19.1. The van der Waals surface area contributed by atoms with Crippen LogP contribution in [0.3, 0.4) is 0 Å². The van der Waals surface area contributed by atoms with Gasteiger partial charge in [0.15, 0.2) is 5.69 Å². The molecule has 1 aliphatic rings. The van der Waals surface area contributed by atoms with Gasteiger partial charge < -0.3 is 14.8 Å². The van der Waals surface area contributed by atoms with Crippen LogP contribution >= 0.6 is 0 Å². The van der Waals surface area contributed by atoms with Crippen LogP contribution < -0.4 is 15.4 Å². The van der Waals surface area contributed by atoms with Gasteiger partial charge in [-0.2, -0.15) is 10.2 Å². The average Bonchev–Trinajstić information content (AvgIpc) is 3.51. The number of amides is 2. The van der Waals surface area contributed by atoms with E-state index >= 15 is 0 Å². The van der Waals surface area contributed by atoms with E-state index in [-0.39, 0.29) is 29.3 Å². The maximum absolute atomic E-state index is 13.2. The van der Waals surface area contributed by atoms with Gasteiger partial charge in [0.2, 0.25) is 0 Å². The second-order valence-electron chi connectivity index (χ2n) is 7.54. The molecule has 2 atom stereocenters. The van der Waals surface area contributed by atoms with Crippen LogP contribution in [-0.2, 0) is 4.74 Å². The van der Waals surface area contributed by atoms with Gasteiger partial charge >= 0.3 is 6.09 Å². The number of methoxy groups -OCH3 is 1. The molecule has 1 saturated carbocycles. The van der Waals surface area contributed by atoms with E-state index in [1.807, 2.05) is 0 Å². The maximum Gasteiger partial charge on any atom is 0.412 e. The predicted octanol–water partition coefficient (Wildman–Crippen LogP) is 2.96. The fourth-order valence-corrected chi connectivity index (χ4v) is 3.74. The molecule has 2 aromatic heterocycles. The first-order chi connectivity index (χ1) is 16.0. The molecule has 0 saturated heterocycles. The van der Waals surface area contributed by atoms with Crippen LogP contribution in [-0.4, -0.2) is 51.7 Å². The quantitative estimate of drug-likeness (QED) is 0.563. The van der Waals surface area contributed by atoms with Gasteiger partial charge in [0.1, 0.15) is 23.1 Å². The Kier molecular flexibility index (Phi) is 6.77. The number of hydrogen-bond donors (Lipinski definition) is 2. The lowest BCUT2D eigenvalue weighted by atomic mass is 10.0. The lowest BCUT2D eigenvalue weighted by Crippen LogP contribution is -2.40. The number of hydrogen-bond acceptors (Lipinski definition) is 7. The number of nitrogens with one attached hydrogen (secondary N) is 2. The van der Waals surface area contributed by atoms with E-state index in [0.717, 1.165) is 19.3 Å². The molecule has 11 heteroatoms. The summed E-state index contributed by atoms with van der Waals surface area (Å²) in [6.07, 6.45) is 4.89. The van der Waals surface area contributed by atoms with Crippen LogP contribution in [0.15, 0.2) is 48.8 Å². The molecule has 2 amide bonds. The summed E-state index contributed by atoms with van der Waals surface area (Å²) in [5.41, 5.74) is 0.426. The van der Waals surface area contributed by atoms with Crippen molar-refractivity contribution in [2.75, 3.05) is 19.0 Å². The molecule has 3 aromatic rings. The fourth-order valence-electron chi connectivity index (χ4n) is 3.74. The minimum Gasteiger partial charge on any atom is -0.493 e. The number of carbonyl (C=O) groups excluding carboxylic acids is 2. The van der Waals surface area contributed by atoms with E-state index in [4.69, 9.17) is 4.74 Å². The summed E-state index contributed by atoms with van der Waals surface area (Å²) < 4.78 is 23.5. The van der Waals surface area contributed by atoms with Gasteiger partial charge in [-0.1, -0.05) is 6.42 Å². The molecule has 2 N–H and O–H groups in total. The van der Waals surface area contributed by atoms with Gasteiger partial charge in [-0.15, -0.1) is 4.80 Å². The molecular formula is C22H23FN6O4. The van der Waals surface area contributed by atoms with Crippen molar-refractivity contribution in [1.82, 2.24) is 25.3 Å². The number of carbonyl (C=O) groups is 2. The third-order valence-corrected chi connectivity index (χ3v) is 5.39. The summed E-state index contributed by atoms with van der Waals surface area (Å²) in [5, 5.41) is 13.6. The van der Waals surface area contributed by atoms with Crippen molar-refractivity contribution in [2.24, 2.45) is 5.92 Å². The summed E-state index contributed by atoms with van der Waals surface area (Å²) in [6.45, 7) is 0.390. The van der Waals surface area contributed by atoms with Gasteiger partial charge in [-0.25, -0.2) is 14.2 Å². The molecule has 172 valence electrons. The largest absolute Gasteiger partial charge is 0.493 e. The average molecular weight is 454 g/mol. The molecule has 0 aliphatic heterocycles. The minimum atomic E-state index is -0.701. The Morgan fingerprint density at radius 1 is 1.12 bits per heavy atom. The zero-order valence-electron chi connectivity index (χ0n) is 17.9. The van der Waals surface area contributed by atoms with Crippen molar-refractivity contribution < 1.29 is 23.5 Å². The molecule has 0 unspecified atom stereocenters. The summed E-state index contributed by atoms with van der Waals surface area (Å²) in [7, 11) is 1.24. The van der Waals surface area contributed by atoms with E-state index in [1.165, 1.54) is 42.5 Å². The van der Waals surface area contributed by atoms with Crippen molar-refractivity contribution in [2.45, 2.75) is 25.3 Å². The Hall–Kier alpha value is -4.02. The maximum atomic E-state index is 13.2. The number of anilines is 1. The van der Waals surface area contributed by atoms with Crippen LogP contribution in [0.4, 0.5) is 15.0 Å². The third-order valence-electron chi connectivity index (χ3n) is 5.39. The molecule has 0 spiro atoms. The molecule has 1 aromatic carbocycles. The van der Waals surface area contributed by atoms with Crippen molar-refractivity contribution in [1.29, 1.82) is 0 Å². The first-order valence-corrected chi connectivity index (χ1v) is 10.5. The highest BCUT2D eigenvalue weighted by Gasteiger charge is 2.31. The van der Waals surface area contributed by atoms with E-state index in [1.54, 1.807) is 18.2 Å². The Balaban J connectivity index is 1.49. The number of nitrogens with zero attached hydrogens (tertiary/aromatic N) is 4. The summed E-state index contributed by atoms with van der Waals surface area (Å²) in [5.74, 6) is 0.0672. The lowest BCUT2D eigenvalue weighted by molar-refractivity contribution is 0.0913. The Morgan fingerprint density at radius 3 is 2.61 bits per heavy atom. The molecule has 0 radical (unpaired) electrons.